The molecule has 18 heavy (non-hydrogen) atoms. The Bertz CT molecular complexity index is 416. The molecular formula is C13H19N3O2. The molecule has 0 amide bonds. The molecule has 0 aliphatic heterocycles. The molecule has 1 aromatic heterocycles. The molecule has 1 atom stereocenters. The van der Waals surface area contributed by atoms with Gasteiger partial charge in [-0.3, -0.25) is 4.98 Å². The Labute approximate surface area is 107 Å². The number of methoxy groups -OCH3 is 1. The highest BCUT2D eigenvalue weighted by Gasteiger charge is 2.21. The molecule has 0 bridgehead atoms. The average Bonchev–Trinajstić information content (AvgIpc) is 2.92. The first-order valence-electron chi connectivity index (χ1n) is 6.37. The largest absolute Gasteiger partial charge is 0.464 e. The number of hydrogen-bond donors (Lipinski definition) is 1. The van der Waals surface area contributed by atoms with E-state index in [0.29, 0.717) is 17.8 Å². The van der Waals surface area contributed by atoms with Crippen LogP contribution in [0.25, 0.3) is 0 Å². The highest BCUT2D eigenvalue weighted by atomic mass is 16.5. The van der Waals surface area contributed by atoms with E-state index in [1.165, 1.54) is 39.0 Å². The zero-order valence-corrected chi connectivity index (χ0v) is 10.8. The van der Waals surface area contributed by atoms with Crippen LogP contribution in [0.5, 0.6) is 0 Å². The molecule has 1 saturated carbocycles. The summed E-state index contributed by atoms with van der Waals surface area (Å²) in [5.41, 5.74) is 0.237. The summed E-state index contributed by atoms with van der Waals surface area (Å²) in [4.78, 5) is 19.6. The third-order valence-electron chi connectivity index (χ3n) is 3.51. The number of aromatic nitrogens is 2. The molecule has 0 saturated heterocycles. The first kappa shape index (κ1) is 12.8. The normalized spacial score (nSPS) is 17.4. The van der Waals surface area contributed by atoms with Gasteiger partial charge in [0.1, 0.15) is 5.82 Å². The highest BCUT2D eigenvalue weighted by Crippen LogP contribution is 2.28. The Morgan fingerprint density at radius 2 is 2.17 bits per heavy atom. The van der Waals surface area contributed by atoms with Crippen molar-refractivity contribution in [2.75, 3.05) is 12.4 Å². The van der Waals surface area contributed by atoms with Gasteiger partial charge in [-0.15, -0.1) is 0 Å². The van der Waals surface area contributed by atoms with Gasteiger partial charge in [0, 0.05) is 6.04 Å². The second-order valence-electron chi connectivity index (χ2n) is 4.76. The third-order valence-corrected chi connectivity index (χ3v) is 3.51. The lowest BCUT2D eigenvalue weighted by molar-refractivity contribution is 0.0593. The molecule has 98 valence electrons. The van der Waals surface area contributed by atoms with E-state index in [4.69, 9.17) is 0 Å². The Hall–Kier alpha value is -1.65. The summed E-state index contributed by atoms with van der Waals surface area (Å²) >= 11 is 0. The molecular weight excluding hydrogens is 230 g/mol. The topological polar surface area (TPSA) is 64.1 Å². The molecule has 1 aliphatic carbocycles. The van der Waals surface area contributed by atoms with Crippen molar-refractivity contribution < 1.29 is 9.53 Å². The van der Waals surface area contributed by atoms with Gasteiger partial charge in [0.2, 0.25) is 0 Å². The van der Waals surface area contributed by atoms with Crippen LogP contribution in [0, 0.1) is 5.92 Å². The van der Waals surface area contributed by atoms with E-state index in [1.54, 1.807) is 6.20 Å². The van der Waals surface area contributed by atoms with Crippen LogP contribution in [-0.4, -0.2) is 29.1 Å². The van der Waals surface area contributed by atoms with Crippen LogP contribution in [0.2, 0.25) is 0 Å². The van der Waals surface area contributed by atoms with Crippen molar-refractivity contribution in [3.8, 4) is 0 Å². The molecule has 5 nitrogen and oxygen atoms in total. The summed E-state index contributed by atoms with van der Waals surface area (Å²) in [6.07, 6.45) is 8.20. The zero-order valence-electron chi connectivity index (χ0n) is 10.8. The Balaban J connectivity index is 2.02. The second kappa shape index (κ2) is 5.80. The molecule has 1 unspecified atom stereocenters. The van der Waals surface area contributed by atoms with Crippen molar-refractivity contribution in [3.05, 3.63) is 18.1 Å². The van der Waals surface area contributed by atoms with Crippen molar-refractivity contribution >= 4 is 11.8 Å². The molecule has 1 N–H and O–H groups in total. The van der Waals surface area contributed by atoms with Crippen molar-refractivity contribution in [2.24, 2.45) is 5.92 Å². The van der Waals surface area contributed by atoms with Gasteiger partial charge < -0.3 is 10.1 Å². The van der Waals surface area contributed by atoms with E-state index in [9.17, 15) is 4.79 Å². The Morgan fingerprint density at radius 3 is 2.83 bits per heavy atom. The molecule has 2 rings (SSSR count). The lowest BCUT2D eigenvalue weighted by Crippen LogP contribution is -2.24. The lowest BCUT2D eigenvalue weighted by atomic mass is 10.00. The van der Waals surface area contributed by atoms with E-state index < -0.39 is 5.97 Å². The zero-order chi connectivity index (χ0) is 13.0. The number of carbonyl (C=O) groups excluding carboxylic acids is 1. The summed E-state index contributed by atoms with van der Waals surface area (Å²) in [7, 11) is 1.34. The first-order chi connectivity index (χ1) is 8.70. The van der Waals surface area contributed by atoms with E-state index >= 15 is 0 Å². The van der Waals surface area contributed by atoms with Crippen molar-refractivity contribution in [3.63, 3.8) is 0 Å². The highest BCUT2D eigenvalue weighted by molar-refractivity contribution is 5.87. The number of carbonyl (C=O) groups is 1. The maximum absolute atomic E-state index is 11.4. The van der Waals surface area contributed by atoms with Crippen LogP contribution in [0.1, 0.15) is 43.1 Å². The molecule has 1 fully saturated rings. The maximum Gasteiger partial charge on any atom is 0.358 e. The summed E-state index contributed by atoms with van der Waals surface area (Å²) in [6, 6.07) is 0.356. The lowest BCUT2D eigenvalue weighted by Gasteiger charge is -2.20. The molecule has 5 heteroatoms. The van der Waals surface area contributed by atoms with Crippen LogP contribution in [0.3, 0.4) is 0 Å². The quantitative estimate of drug-likeness (QED) is 0.829. The van der Waals surface area contributed by atoms with E-state index in [1.807, 2.05) is 0 Å². The van der Waals surface area contributed by atoms with E-state index in [0.717, 1.165) is 0 Å². The van der Waals surface area contributed by atoms with Gasteiger partial charge in [0.15, 0.2) is 5.69 Å². The minimum Gasteiger partial charge on any atom is -0.464 e. The third kappa shape index (κ3) is 2.97. The summed E-state index contributed by atoms with van der Waals surface area (Å²) < 4.78 is 4.63. The smallest absolute Gasteiger partial charge is 0.358 e. The van der Waals surface area contributed by atoms with Gasteiger partial charge in [-0.25, -0.2) is 9.78 Å². The number of anilines is 1. The molecule has 1 aliphatic rings. The van der Waals surface area contributed by atoms with Crippen LogP contribution in [-0.2, 0) is 4.74 Å². The first-order valence-corrected chi connectivity index (χ1v) is 6.37. The Kier molecular flexibility index (Phi) is 4.12. The molecule has 0 aromatic carbocycles. The molecule has 0 spiro atoms. The van der Waals surface area contributed by atoms with Crippen LogP contribution in [0.4, 0.5) is 5.82 Å². The number of hydrogen-bond acceptors (Lipinski definition) is 5. The molecule has 1 aromatic rings. The van der Waals surface area contributed by atoms with Crippen LogP contribution < -0.4 is 5.32 Å². The van der Waals surface area contributed by atoms with Gasteiger partial charge in [0.05, 0.1) is 19.5 Å². The fraction of sp³-hybridized carbons (Fsp3) is 0.615. The predicted molar refractivity (Wildman–Crippen MR) is 68.4 cm³/mol. The summed E-state index contributed by atoms with van der Waals surface area (Å²) in [6.45, 7) is 2.16. The Morgan fingerprint density at radius 1 is 1.44 bits per heavy atom. The van der Waals surface area contributed by atoms with Gasteiger partial charge in [-0.1, -0.05) is 12.8 Å². The van der Waals surface area contributed by atoms with Gasteiger partial charge in [0.25, 0.3) is 0 Å². The van der Waals surface area contributed by atoms with Gasteiger partial charge in [-0.2, -0.15) is 0 Å². The SMILES string of the molecule is COC(=O)c1cncc(NC(C)C2CCCC2)n1. The van der Waals surface area contributed by atoms with Crippen LogP contribution >= 0.6 is 0 Å². The number of rotatable bonds is 4. The fourth-order valence-corrected chi connectivity index (χ4v) is 2.45. The van der Waals surface area contributed by atoms with E-state index in [-0.39, 0.29) is 5.69 Å². The second-order valence-corrected chi connectivity index (χ2v) is 4.76. The fourth-order valence-electron chi connectivity index (χ4n) is 2.45. The summed E-state index contributed by atoms with van der Waals surface area (Å²) in [5.74, 6) is 0.866. The van der Waals surface area contributed by atoms with Gasteiger partial charge in [-0.05, 0) is 25.7 Å². The van der Waals surface area contributed by atoms with Gasteiger partial charge >= 0.3 is 5.97 Å². The van der Waals surface area contributed by atoms with Crippen LogP contribution in [0.15, 0.2) is 12.4 Å². The number of nitrogens with one attached hydrogen (secondary N) is 1. The molecule has 1 heterocycles. The standard InChI is InChI=1S/C13H19N3O2/c1-9(10-5-3-4-6-10)15-12-8-14-7-11(16-12)13(17)18-2/h7-10H,3-6H2,1-2H3,(H,15,16). The molecule has 0 radical (unpaired) electrons. The number of ether oxygens (including phenoxy) is 1. The number of nitrogens with zero attached hydrogens (tertiary/aromatic N) is 2. The number of esters is 1. The minimum atomic E-state index is -0.459. The maximum atomic E-state index is 11.4. The van der Waals surface area contributed by atoms with E-state index in [2.05, 4.69) is 26.9 Å². The van der Waals surface area contributed by atoms with Crippen molar-refractivity contribution in [1.29, 1.82) is 0 Å². The van der Waals surface area contributed by atoms with Crippen molar-refractivity contribution in [1.82, 2.24) is 9.97 Å². The summed E-state index contributed by atoms with van der Waals surface area (Å²) in [5, 5.41) is 3.32. The minimum absolute atomic E-state index is 0.237. The monoisotopic (exact) mass is 249 g/mol. The van der Waals surface area contributed by atoms with Crippen molar-refractivity contribution in [2.45, 2.75) is 38.6 Å². The predicted octanol–water partition coefficient (Wildman–Crippen LogP) is 2.25. The average molecular weight is 249 g/mol.